The van der Waals surface area contributed by atoms with Crippen LogP contribution in [0, 0.1) is 5.92 Å². The smallest absolute Gasteiger partial charge is 0.236 e. The van der Waals surface area contributed by atoms with Crippen LogP contribution in [-0.4, -0.2) is 72.7 Å². The standard InChI is InChI=1S/C17H33N3O2/c1-2-16-5-3-4-8-20(16)17(22)14-18-13-15-6-9-19(10-7-15)11-12-21/h15-16,18,21H,2-14H2,1H3. The molecule has 5 heteroatoms. The first kappa shape index (κ1) is 17.7. The van der Waals surface area contributed by atoms with Crippen LogP contribution >= 0.6 is 0 Å². The van der Waals surface area contributed by atoms with Crippen molar-refractivity contribution in [2.75, 3.05) is 45.9 Å². The minimum atomic E-state index is 0.256. The molecule has 0 aromatic carbocycles. The fourth-order valence-electron chi connectivity index (χ4n) is 3.79. The Bertz CT molecular complexity index is 330. The summed E-state index contributed by atoms with van der Waals surface area (Å²) in [5, 5.41) is 12.3. The molecule has 0 aromatic heterocycles. The molecular weight excluding hydrogens is 278 g/mol. The van der Waals surface area contributed by atoms with Crippen LogP contribution in [0.15, 0.2) is 0 Å². The number of piperidine rings is 2. The quantitative estimate of drug-likeness (QED) is 0.738. The number of aliphatic hydroxyl groups excluding tert-OH is 1. The fraction of sp³-hybridized carbons (Fsp3) is 0.941. The molecule has 2 rings (SSSR count). The van der Waals surface area contributed by atoms with Gasteiger partial charge in [-0.05, 0) is 64.1 Å². The summed E-state index contributed by atoms with van der Waals surface area (Å²) in [6.45, 7) is 7.77. The zero-order valence-corrected chi connectivity index (χ0v) is 14.1. The van der Waals surface area contributed by atoms with Crippen molar-refractivity contribution in [1.29, 1.82) is 0 Å². The Morgan fingerprint density at radius 2 is 1.95 bits per heavy atom. The number of hydrogen-bond acceptors (Lipinski definition) is 4. The van der Waals surface area contributed by atoms with E-state index < -0.39 is 0 Å². The zero-order valence-electron chi connectivity index (χ0n) is 14.1. The van der Waals surface area contributed by atoms with Crippen molar-refractivity contribution in [3.05, 3.63) is 0 Å². The second-order valence-electron chi connectivity index (χ2n) is 6.78. The van der Waals surface area contributed by atoms with Gasteiger partial charge in [-0.3, -0.25) is 4.79 Å². The fourth-order valence-corrected chi connectivity index (χ4v) is 3.79. The minimum Gasteiger partial charge on any atom is -0.395 e. The number of β-amino-alcohol motifs (C(OH)–C–C–N with tert-alkyl or cyclic N) is 1. The molecule has 1 amide bonds. The third-order valence-electron chi connectivity index (χ3n) is 5.25. The molecule has 0 saturated carbocycles. The second-order valence-corrected chi connectivity index (χ2v) is 6.78. The molecule has 2 fully saturated rings. The van der Waals surface area contributed by atoms with Crippen LogP contribution in [0.2, 0.25) is 0 Å². The summed E-state index contributed by atoms with van der Waals surface area (Å²) in [5.74, 6) is 0.954. The molecule has 22 heavy (non-hydrogen) atoms. The van der Waals surface area contributed by atoms with Gasteiger partial charge in [0.15, 0.2) is 0 Å². The molecule has 5 nitrogen and oxygen atoms in total. The average Bonchev–Trinajstić information content (AvgIpc) is 2.56. The van der Waals surface area contributed by atoms with Gasteiger partial charge in [0.1, 0.15) is 0 Å². The minimum absolute atomic E-state index is 0.256. The Hall–Kier alpha value is -0.650. The lowest BCUT2D eigenvalue weighted by atomic mass is 9.97. The van der Waals surface area contributed by atoms with Crippen LogP contribution in [0.4, 0.5) is 0 Å². The summed E-state index contributed by atoms with van der Waals surface area (Å²) in [6, 6.07) is 0.463. The number of carbonyl (C=O) groups excluding carboxylic acids is 1. The van der Waals surface area contributed by atoms with Gasteiger partial charge in [-0.15, -0.1) is 0 Å². The second kappa shape index (κ2) is 9.48. The Labute approximate surface area is 135 Å². The number of carbonyl (C=O) groups is 1. The van der Waals surface area contributed by atoms with Gasteiger partial charge in [0.25, 0.3) is 0 Å². The number of amides is 1. The van der Waals surface area contributed by atoms with Gasteiger partial charge in [-0.2, -0.15) is 0 Å². The van der Waals surface area contributed by atoms with Crippen LogP contribution in [0.25, 0.3) is 0 Å². The van der Waals surface area contributed by atoms with E-state index in [1.54, 1.807) is 0 Å². The van der Waals surface area contributed by atoms with Gasteiger partial charge >= 0.3 is 0 Å². The summed E-state index contributed by atoms with van der Waals surface area (Å²) in [4.78, 5) is 16.8. The topological polar surface area (TPSA) is 55.8 Å². The number of aliphatic hydroxyl groups is 1. The van der Waals surface area contributed by atoms with Crippen LogP contribution in [0.1, 0.15) is 45.4 Å². The maximum Gasteiger partial charge on any atom is 0.236 e. The van der Waals surface area contributed by atoms with E-state index in [2.05, 4.69) is 22.0 Å². The lowest BCUT2D eigenvalue weighted by Crippen LogP contribution is -2.47. The van der Waals surface area contributed by atoms with E-state index in [4.69, 9.17) is 5.11 Å². The summed E-state index contributed by atoms with van der Waals surface area (Å²) in [5.41, 5.74) is 0. The van der Waals surface area contributed by atoms with Crippen LogP contribution in [-0.2, 0) is 4.79 Å². The van der Waals surface area contributed by atoms with Gasteiger partial charge in [0.2, 0.25) is 5.91 Å². The summed E-state index contributed by atoms with van der Waals surface area (Å²) in [6.07, 6.45) is 7.01. The van der Waals surface area contributed by atoms with Crippen molar-refractivity contribution in [3.63, 3.8) is 0 Å². The van der Waals surface area contributed by atoms with Gasteiger partial charge in [0.05, 0.1) is 13.2 Å². The molecular formula is C17H33N3O2. The third-order valence-corrected chi connectivity index (χ3v) is 5.25. The van der Waals surface area contributed by atoms with Crippen molar-refractivity contribution >= 4 is 5.91 Å². The lowest BCUT2D eigenvalue weighted by Gasteiger charge is -2.36. The molecule has 1 atom stereocenters. The van der Waals surface area contributed by atoms with Gasteiger partial charge in [-0.25, -0.2) is 0 Å². The van der Waals surface area contributed by atoms with E-state index in [1.807, 2.05) is 0 Å². The first-order chi connectivity index (χ1) is 10.7. The van der Waals surface area contributed by atoms with Crippen molar-refractivity contribution in [3.8, 4) is 0 Å². The van der Waals surface area contributed by atoms with Crippen LogP contribution in [0.5, 0.6) is 0 Å². The SMILES string of the molecule is CCC1CCCCN1C(=O)CNCC1CCN(CCO)CC1. The Balaban J connectivity index is 1.63. The van der Waals surface area contributed by atoms with Crippen molar-refractivity contribution in [1.82, 2.24) is 15.1 Å². The van der Waals surface area contributed by atoms with E-state index >= 15 is 0 Å². The van der Waals surface area contributed by atoms with Crippen LogP contribution in [0.3, 0.4) is 0 Å². The normalized spacial score (nSPS) is 24.6. The molecule has 2 aliphatic heterocycles. The lowest BCUT2D eigenvalue weighted by molar-refractivity contribution is -0.134. The first-order valence-electron chi connectivity index (χ1n) is 9.08. The molecule has 128 valence electrons. The van der Waals surface area contributed by atoms with E-state index in [0.717, 1.165) is 45.6 Å². The number of nitrogens with zero attached hydrogens (tertiary/aromatic N) is 2. The predicted molar refractivity (Wildman–Crippen MR) is 88.8 cm³/mol. The van der Waals surface area contributed by atoms with E-state index in [1.165, 1.54) is 25.7 Å². The molecule has 2 N–H and O–H groups in total. The average molecular weight is 311 g/mol. The molecule has 2 heterocycles. The molecule has 2 saturated heterocycles. The Kier molecular flexibility index (Phi) is 7.63. The maximum absolute atomic E-state index is 12.4. The highest BCUT2D eigenvalue weighted by atomic mass is 16.3. The highest BCUT2D eigenvalue weighted by Crippen LogP contribution is 2.19. The molecule has 1 unspecified atom stereocenters. The highest BCUT2D eigenvalue weighted by Gasteiger charge is 2.25. The number of nitrogens with one attached hydrogen (secondary N) is 1. The maximum atomic E-state index is 12.4. The number of hydrogen-bond donors (Lipinski definition) is 2. The predicted octanol–water partition coefficient (Wildman–Crippen LogP) is 1.07. The Morgan fingerprint density at radius 1 is 1.18 bits per heavy atom. The molecule has 0 radical (unpaired) electrons. The van der Waals surface area contributed by atoms with Crippen molar-refractivity contribution in [2.45, 2.75) is 51.5 Å². The molecule has 0 aromatic rings. The van der Waals surface area contributed by atoms with E-state index in [-0.39, 0.29) is 12.5 Å². The number of rotatable bonds is 7. The van der Waals surface area contributed by atoms with Gasteiger partial charge < -0.3 is 20.2 Å². The van der Waals surface area contributed by atoms with Crippen LogP contribution < -0.4 is 5.32 Å². The van der Waals surface area contributed by atoms with E-state index in [0.29, 0.717) is 18.5 Å². The molecule has 0 aliphatic carbocycles. The van der Waals surface area contributed by atoms with Crippen molar-refractivity contribution < 1.29 is 9.90 Å². The third kappa shape index (κ3) is 5.21. The van der Waals surface area contributed by atoms with Gasteiger partial charge in [0, 0.05) is 19.1 Å². The summed E-state index contributed by atoms with van der Waals surface area (Å²) in [7, 11) is 0. The largest absolute Gasteiger partial charge is 0.395 e. The molecule has 0 bridgehead atoms. The van der Waals surface area contributed by atoms with Crippen molar-refractivity contribution in [2.24, 2.45) is 5.92 Å². The van der Waals surface area contributed by atoms with Gasteiger partial charge in [-0.1, -0.05) is 6.92 Å². The zero-order chi connectivity index (χ0) is 15.8. The summed E-state index contributed by atoms with van der Waals surface area (Å²) < 4.78 is 0. The highest BCUT2D eigenvalue weighted by molar-refractivity contribution is 5.78. The Morgan fingerprint density at radius 3 is 2.64 bits per heavy atom. The number of likely N-dealkylation sites (tertiary alicyclic amines) is 2. The monoisotopic (exact) mass is 311 g/mol. The molecule has 0 spiro atoms. The van der Waals surface area contributed by atoms with E-state index in [9.17, 15) is 4.79 Å². The molecule has 2 aliphatic rings. The summed E-state index contributed by atoms with van der Waals surface area (Å²) >= 11 is 0. The first-order valence-corrected chi connectivity index (χ1v) is 9.08.